The normalized spacial score (nSPS) is 16.8. The molecule has 1 aromatic heterocycles. The third-order valence-electron chi connectivity index (χ3n) is 4.21. The number of ether oxygens (including phenoxy) is 1. The van der Waals surface area contributed by atoms with E-state index in [-0.39, 0.29) is 24.0 Å². The van der Waals surface area contributed by atoms with Crippen molar-refractivity contribution in [3.63, 3.8) is 0 Å². The Labute approximate surface area is 183 Å². The molecule has 0 aromatic carbocycles. The number of aliphatic hydroxyl groups is 1. The van der Waals surface area contributed by atoms with Crippen molar-refractivity contribution in [2.75, 3.05) is 26.2 Å². The molecule has 0 bridgehead atoms. The van der Waals surface area contributed by atoms with Crippen molar-refractivity contribution in [2.45, 2.75) is 57.7 Å². The summed E-state index contributed by atoms with van der Waals surface area (Å²) in [5.74, 6) is 0.724. The molecule has 1 aliphatic carbocycles. The van der Waals surface area contributed by atoms with Gasteiger partial charge >= 0.3 is 0 Å². The van der Waals surface area contributed by atoms with Gasteiger partial charge in [-0.2, -0.15) is 0 Å². The average molecular weight is 516 g/mol. The molecule has 26 heavy (non-hydrogen) atoms. The first-order valence-corrected chi connectivity index (χ1v) is 10.5. The van der Waals surface area contributed by atoms with Crippen molar-refractivity contribution in [1.29, 1.82) is 0 Å². The summed E-state index contributed by atoms with van der Waals surface area (Å²) >= 11 is 7.29. The summed E-state index contributed by atoms with van der Waals surface area (Å²) in [7, 11) is 0. The van der Waals surface area contributed by atoms with Gasteiger partial charge in [-0.1, -0.05) is 30.9 Å². The van der Waals surface area contributed by atoms with E-state index in [1.54, 1.807) is 6.07 Å². The molecule has 0 spiro atoms. The van der Waals surface area contributed by atoms with Crippen LogP contribution in [0.15, 0.2) is 17.1 Å². The number of nitrogens with one attached hydrogen (secondary N) is 2. The molecule has 1 heterocycles. The van der Waals surface area contributed by atoms with E-state index in [4.69, 9.17) is 16.3 Å². The van der Waals surface area contributed by atoms with Gasteiger partial charge in [-0.3, -0.25) is 4.99 Å². The van der Waals surface area contributed by atoms with Gasteiger partial charge in [0.1, 0.15) is 6.10 Å². The minimum atomic E-state index is -0.623. The fourth-order valence-corrected chi connectivity index (χ4v) is 3.92. The van der Waals surface area contributed by atoms with Crippen molar-refractivity contribution >= 4 is 52.9 Å². The molecule has 1 saturated carbocycles. The maximum atomic E-state index is 10.2. The minimum absolute atomic E-state index is 0. The quantitative estimate of drug-likeness (QED) is 0.198. The van der Waals surface area contributed by atoms with Gasteiger partial charge < -0.3 is 20.5 Å². The van der Waals surface area contributed by atoms with Crippen LogP contribution >= 0.6 is 46.9 Å². The Morgan fingerprint density at radius 2 is 2.12 bits per heavy atom. The predicted octanol–water partition coefficient (Wildman–Crippen LogP) is 4.35. The molecule has 1 unspecified atom stereocenters. The lowest BCUT2D eigenvalue weighted by Crippen LogP contribution is -2.38. The number of hydrogen-bond donors (Lipinski definition) is 3. The monoisotopic (exact) mass is 515 g/mol. The topological polar surface area (TPSA) is 65.9 Å². The number of rotatable bonds is 9. The van der Waals surface area contributed by atoms with Gasteiger partial charge in [-0.05, 0) is 38.3 Å². The lowest BCUT2D eigenvalue weighted by Gasteiger charge is -2.22. The lowest BCUT2D eigenvalue weighted by atomic mass is 9.98. The summed E-state index contributed by atoms with van der Waals surface area (Å²) in [5, 5.41) is 16.7. The Morgan fingerprint density at radius 3 is 2.77 bits per heavy atom. The van der Waals surface area contributed by atoms with Crippen LogP contribution in [0.4, 0.5) is 0 Å². The molecule has 8 heteroatoms. The van der Waals surface area contributed by atoms with Gasteiger partial charge in [0.05, 0.1) is 17.0 Å². The Kier molecular flexibility index (Phi) is 12.9. The summed E-state index contributed by atoms with van der Waals surface area (Å²) in [6, 6.07) is 3.64. The van der Waals surface area contributed by atoms with E-state index >= 15 is 0 Å². The highest BCUT2D eigenvalue weighted by Gasteiger charge is 2.13. The SMILES string of the molecule is CCNC(=NCC(O)c1ccc(Cl)s1)NCCCOC1CCCCC1.I. The third-order valence-corrected chi connectivity index (χ3v) is 5.54. The molecule has 5 nitrogen and oxygen atoms in total. The van der Waals surface area contributed by atoms with E-state index in [2.05, 4.69) is 15.6 Å². The highest BCUT2D eigenvalue weighted by atomic mass is 127. The van der Waals surface area contributed by atoms with Crippen molar-refractivity contribution in [3.05, 3.63) is 21.3 Å². The van der Waals surface area contributed by atoms with Crippen molar-refractivity contribution in [1.82, 2.24) is 10.6 Å². The maximum Gasteiger partial charge on any atom is 0.191 e. The highest BCUT2D eigenvalue weighted by molar-refractivity contribution is 14.0. The lowest BCUT2D eigenvalue weighted by molar-refractivity contribution is 0.0277. The number of guanidine groups is 1. The van der Waals surface area contributed by atoms with E-state index in [1.165, 1.54) is 43.4 Å². The van der Waals surface area contributed by atoms with Crippen molar-refractivity contribution < 1.29 is 9.84 Å². The number of hydrogen-bond acceptors (Lipinski definition) is 4. The molecule has 0 radical (unpaired) electrons. The third kappa shape index (κ3) is 9.21. The van der Waals surface area contributed by atoms with Crippen LogP contribution in [-0.4, -0.2) is 43.4 Å². The van der Waals surface area contributed by atoms with Gasteiger partial charge in [0.15, 0.2) is 5.96 Å². The van der Waals surface area contributed by atoms with Gasteiger partial charge in [0.2, 0.25) is 0 Å². The average Bonchev–Trinajstić information content (AvgIpc) is 3.06. The zero-order valence-electron chi connectivity index (χ0n) is 15.4. The Balaban J connectivity index is 0.00000338. The number of halogens is 2. The first-order chi connectivity index (χ1) is 12.2. The first kappa shape index (κ1) is 23.9. The van der Waals surface area contributed by atoms with Crippen LogP contribution < -0.4 is 10.6 Å². The molecular formula is C18H31ClIN3O2S. The molecule has 150 valence electrons. The summed E-state index contributed by atoms with van der Waals surface area (Å²) in [6.45, 7) is 4.71. The van der Waals surface area contributed by atoms with Gasteiger partial charge in [-0.15, -0.1) is 35.3 Å². The fourth-order valence-electron chi connectivity index (χ4n) is 2.88. The second-order valence-corrected chi connectivity index (χ2v) is 8.04. The van der Waals surface area contributed by atoms with E-state index < -0.39 is 6.10 Å². The summed E-state index contributed by atoms with van der Waals surface area (Å²) in [4.78, 5) is 5.29. The number of aliphatic imine (C=N–C) groups is 1. The van der Waals surface area contributed by atoms with Gasteiger partial charge in [0, 0.05) is 24.6 Å². The van der Waals surface area contributed by atoms with Crippen LogP contribution in [0.2, 0.25) is 4.34 Å². The Morgan fingerprint density at radius 1 is 1.35 bits per heavy atom. The molecule has 1 aromatic rings. The van der Waals surface area contributed by atoms with Crippen LogP contribution in [0.25, 0.3) is 0 Å². The van der Waals surface area contributed by atoms with Crippen molar-refractivity contribution in [3.8, 4) is 0 Å². The van der Waals surface area contributed by atoms with Crippen LogP contribution in [0.3, 0.4) is 0 Å². The summed E-state index contributed by atoms with van der Waals surface area (Å²) in [6.07, 6.45) is 7.17. The van der Waals surface area contributed by atoms with Crippen molar-refractivity contribution in [2.24, 2.45) is 4.99 Å². The maximum absolute atomic E-state index is 10.2. The standard InChI is InChI=1S/C18H30ClN3O2S.HI/c1-2-20-18(22-13-15(23)16-9-10-17(19)25-16)21-11-6-12-24-14-7-4-3-5-8-14;/h9-10,14-15,23H,2-8,11-13H2,1H3,(H2,20,21,22);1H. The second kappa shape index (κ2) is 14.0. The molecule has 1 atom stereocenters. The first-order valence-electron chi connectivity index (χ1n) is 9.26. The molecule has 1 aliphatic rings. The van der Waals surface area contributed by atoms with Crippen LogP contribution in [0.5, 0.6) is 0 Å². The van der Waals surface area contributed by atoms with Crippen LogP contribution in [0, 0.1) is 0 Å². The van der Waals surface area contributed by atoms with Crippen LogP contribution in [0.1, 0.15) is 56.4 Å². The van der Waals surface area contributed by atoms with E-state index in [0.29, 0.717) is 17.0 Å². The summed E-state index contributed by atoms with van der Waals surface area (Å²) < 4.78 is 6.61. The second-order valence-electron chi connectivity index (χ2n) is 6.29. The number of nitrogens with zero attached hydrogens (tertiary/aromatic N) is 1. The molecule has 0 amide bonds. The fraction of sp³-hybridized carbons (Fsp3) is 0.722. The smallest absolute Gasteiger partial charge is 0.191 e. The zero-order valence-corrected chi connectivity index (χ0v) is 19.3. The van der Waals surface area contributed by atoms with Crippen LogP contribution in [-0.2, 0) is 4.74 Å². The molecule has 3 N–H and O–H groups in total. The molecule has 1 fully saturated rings. The van der Waals surface area contributed by atoms with Gasteiger partial charge in [-0.25, -0.2) is 0 Å². The highest BCUT2D eigenvalue weighted by Crippen LogP contribution is 2.26. The largest absolute Gasteiger partial charge is 0.386 e. The van der Waals surface area contributed by atoms with Gasteiger partial charge in [0.25, 0.3) is 0 Å². The zero-order chi connectivity index (χ0) is 17.9. The van der Waals surface area contributed by atoms with E-state index in [0.717, 1.165) is 37.0 Å². The molecule has 0 saturated heterocycles. The molecule has 2 rings (SSSR count). The number of aliphatic hydroxyl groups excluding tert-OH is 1. The summed E-state index contributed by atoms with van der Waals surface area (Å²) in [5.41, 5.74) is 0. The minimum Gasteiger partial charge on any atom is -0.386 e. The Bertz CT molecular complexity index is 524. The number of thiophene rings is 1. The predicted molar refractivity (Wildman–Crippen MR) is 121 cm³/mol. The van der Waals surface area contributed by atoms with E-state index in [9.17, 15) is 5.11 Å². The Hall–Kier alpha value is -0.0900. The molecular weight excluding hydrogens is 485 g/mol. The van der Waals surface area contributed by atoms with E-state index in [1.807, 2.05) is 13.0 Å². The molecule has 0 aliphatic heterocycles.